The van der Waals surface area contributed by atoms with Crippen molar-refractivity contribution in [2.24, 2.45) is 0 Å². The first-order valence-corrected chi connectivity index (χ1v) is 10.5. The van der Waals surface area contributed by atoms with Crippen LogP contribution in [0.2, 0.25) is 5.02 Å². The van der Waals surface area contributed by atoms with Gasteiger partial charge in [-0.3, -0.25) is 10.1 Å². The van der Waals surface area contributed by atoms with Gasteiger partial charge in [-0.1, -0.05) is 11.6 Å². The number of hydrogen-bond acceptors (Lipinski definition) is 6. The highest BCUT2D eigenvalue weighted by molar-refractivity contribution is 7.89. The number of sulfonamides is 2. The number of hydrogen-bond donors (Lipinski definition) is 0. The summed E-state index contributed by atoms with van der Waals surface area (Å²) in [4.78, 5) is 10.1. The van der Waals surface area contributed by atoms with Crippen LogP contribution >= 0.6 is 11.6 Å². The van der Waals surface area contributed by atoms with Crippen molar-refractivity contribution in [1.82, 2.24) is 8.61 Å². The molecule has 0 atom stereocenters. The van der Waals surface area contributed by atoms with Crippen LogP contribution in [0.4, 0.5) is 5.69 Å². The summed E-state index contributed by atoms with van der Waals surface area (Å²) in [6.45, 7) is 1.42. The number of piperazine rings is 1. The van der Waals surface area contributed by atoms with Gasteiger partial charge in [0.1, 0.15) is 0 Å². The van der Waals surface area contributed by atoms with Gasteiger partial charge in [-0.25, -0.2) is 16.8 Å². The van der Waals surface area contributed by atoms with Gasteiger partial charge >= 0.3 is 0 Å². The van der Waals surface area contributed by atoms with Gasteiger partial charge in [0.25, 0.3) is 5.69 Å². The van der Waals surface area contributed by atoms with Crippen LogP contribution < -0.4 is 0 Å². The minimum Gasteiger partial charge on any atom is -0.258 e. The highest BCUT2D eigenvalue weighted by Gasteiger charge is 2.33. The molecule has 134 valence electrons. The summed E-state index contributed by atoms with van der Waals surface area (Å²) in [6.07, 6.45) is 1.06. The Morgan fingerprint density at radius 3 is 2.04 bits per heavy atom. The van der Waals surface area contributed by atoms with Crippen LogP contribution in [-0.4, -0.2) is 62.8 Å². The van der Waals surface area contributed by atoms with Crippen molar-refractivity contribution in [3.8, 4) is 0 Å². The number of nitro benzene ring substituents is 1. The molecule has 12 heteroatoms. The van der Waals surface area contributed by atoms with Gasteiger partial charge < -0.3 is 0 Å². The summed E-state index contributed by atoms with van der Waals surface area (Å²) in [6, 6.07) is 2.14. The third-order valence-electron chi connectivity index (χ3n) is 3.79. The number of nitrogens with zero attached hydrogens (tertiary/aromatic N) is 3. The topological polar surface area (TPSA) is 118 Å². The standard InChI is InChI=1S/C12H16ClN3O6S2/c1-9-11(13)7-10(8-12(9)16(17)18)24(21,22)15-5-3-14(4-6-15)23(2,19)20/h7-8H,3-6H2,1-2H3. The van der Waals surface area contributed by atoms with E-state index < -0.39 is 25.0 Å². The van der Waals surface area contributed by atoms with Crippen molar-refractivity contribution in [3.05, 3.63) is 32.8 Å². The Kier molecular flexibility index (Phi) is 5.21. The fourth-order valence-electron chi connectivity index (χ4n) is 2.37. The van der Waals surface area contributed by atoms with Crippen LogP contribution in [0, 0.1) is 17.0 Å². The first-order chi connectivity index (χ1) is 10.9. The van der Waals surface area contributed by atoms with E-state index >= 15 is 0 Å². The largest absolute Gasteiger partial charge is 0.275 e. The molecule has 0 N–H and O–H groups in total. The molecule has 0 saturated carbocycles. The van der Waals surface area contributed by atoms with E-state index in [1.54, 1.807) is 0 Å². The zero-order chi connectivity index (χ0) is 18.3. The second-order valence-electron chi connectivity index (χ2n) is 5.37. The molecule has 0 aliphatic carbocycles. The highest BCUT2D eigenvalue weighted by atomic mass is 35.5. The Hall–Kier alpha value is -1.27. The number of nitro groups is 1. The van der Waals surface area contributed by atoms with E-state index in [-0.39, 0.29) is 47.3 Å². The Labute approximate surface area is 145 Å². The van der Waals surface area contributed by atoms with Crippen molar-refractivity contribution in [1.29, 1.82) is 0 Å². The molecule has 0 bridgehead atoms. The first kappa shape index (κ1) is 19.1. The van der Waals surface area contributed by atoms with E-state index in [4.69, 9.17) is 11.6 Å². The smallest absolute Gasteiger partial charge is 0.258 e. The lowest BCUT2D eigenvalue weighted by Crippen LogP contribution is -2.50. The quantitative estimate of drug-likeness (QED) is 0.548. The van der Waals surface area contributed by atoms with E-state index in [9.17, 15) is 26.9 Å². The molecule has 0 spiro atoms. The van der Waals surface area contributed by atoms with Crippen molar-refractivity contribution in [2.75, 3.05) is 32.4 Å². The molecular formula is C12H16ClN3O6S2. The molecule has 9 nitrogen and oxygen atoms in total. The van der Waals surface area contributed by atoms with Crippen LogP contribution in [0.3, 0.4) is 0 Å². The lowest BCUT2D eigenvalue weighted by Gasteiger charge is -2.32. The number of halogens is 1. The van der Waals surface area contributed by atoms with Crippen LogP contribution in [0.5, 0.6) is 0 Å². The van der Waals surface area contributed by atoms with Gasteiger partial charge in [0.15, 0.2) is 0 Å². The molecule has 0 unspecified atom stereocenters. The second-order valence-corrected chi connectivity index (χ2v) is 9.70. The minimum atomic E-state index is -4.00. The predicted octanol–water partition coefficient (Wildman–Crippen LogP) is 0.823. The normalized spacial score (nSPS) is 17.8. The van der Waals surface area contributed by atoms with E-state index in [2.05, 4.69) is 0 Å². The molecule has 1 saturated heterocycles. The first-order valence-electron chi connectivity index (χ1n) is 6.84. The molecule has 1 aliphatic heterocycles. The zero-order valence-electron chi connectivity index (χ0n) is 13.0. The molecule has 1 heterocycles. The van der Waals surface area contributed by atoms with Crippen LogP contribution in [0.25, 0.3) is 0 Å². The molecule has 0 amide bonds. The minimum absolute atomic E-state index is 0.0162. The molecule has 0 aromatic heterocycles. The van der Waals surface area contributed by atoms with Gasteiger partial charge in [0.05, 0.1) is 21.1 Å². The molecule has 1 fully saturated rings. The van der Waals surface area contributed by atoms with Crippen molar-refractivity contribution >= 4 is 37.3 Å². The number of benzene rings is 1. The van der Waals surface area contributed by atoms with Gasteiger partial charge in [-0.15, -0.1) is 0 Å². The lowest BCUT2D eigenvalue weighted by molar-refractivity contribution is -0.385. The SMILES string of the molecule is Cc1c(Cl)cc(S(=O)(=O)N2CCN(S(C)(=O)=O)CC2)cc1[N+](=O)[O-]. The van der Waals surface area contributed by atoms with Crippen molar-refractivity contribution in [2.45, 2.75) is 11.8 Å². The predicted molar refractivity (Wildman–Crippen MR) is 88.0 cm³/mol. The third-order valence-corrected chi connectivity index (χ3v) is 7.36. The summed E-state index contributed by atoms with van der Waals surface area (Å²) >= 11 is 5.92. The van der Waals surface area contributed by atoms with E-state index in [1.807, 2.05) is 0 Å². The van der Waals surface area contributed by atoms with E-state index in [1.165, 1.54) is 17.3 Å². The summed E-state index contributed by atoms with van der Waals surface area (Å²) in [5, 5.41) is 11.0. The van der Waals surface area contributed by atoms with Crippen LogP contribution in [-0.2, 0) is 20.0 Å². The zero-order valence-corrected chi connectivity index (χ0v) is 15.4. The lowest BCUT2D eigenvalue weighted by atomic mass is 10.2. The van der Waals surface area contributed by atoms with Crippen molar-refractivity contribution in [3.63, 3.8) is 0 Å². The van der Waals surface area contributed by atoms with Gasteiger partial charge in [0.2, 0.25) is 20.0 Å². The molecule has 24 heavy (non-hydrogen) atoms. The van der Waals surface area contributed by atoms with Gasteiger partial charge in [0, 0.05) is 37.8 Å². The average Bonchev–Trinajstić information content (AvgIpc) is 2.48. The molecular weight excluding hydrogens is 382 g/mol. The van der Waals surface area contributed by atoms with E-state index in [0.29, 0.717) is 0 Å². The Bertz CT molecular complexity index is 876. The molecule has 1 aromatic rings. The monoisotopic (exact) mass is 397 g/mol. The summed E-state index contributed by atoms with van der Waals surface area (Å²) in [5.74, 6) is 0. The summed E-state index contributed by atoms with van der Waals surface area (Å²) < 4.78 is 50.6. The highest BCUT2D eigenvalue weighted by Crippen LogP contribution is 2.31. The van der Waals surface area contributed by atoms with Gasteiger partial charge in [-0.2, -0.15) is 8.61 Å². The Morgan fingerprint density at radius 2 is 1.58 bits per heavy atom. The molecule has 1 aliphatic rings. The Morgan fingerprint density at radius 1 is 1.08 bits per heavy atom. The van der Waals surface area contributed by atoms with Gasteiger partial charge in [-0.05, 0) is 13.0 Å². The summed E-state index contributed by atoms with van der Waals surface area (Å²) in [5.41, 5.74) is -0.196. The van der Waals surface area contributed by atoms with Crippen molar-refractivity contribution < 1.29 is 21.8 Å². The molecule has 2 rings (SSSR count). The second kappa shape index (κ2) is 6.56. The Balaban J connectivity index is 2.34. The fraction of sp³-hybridized carbons (Fsp3) is 0.500. The summed E-state index contributed by atoms with van der Waals surface area (Å²) in [7, 11) is -7.39. The maximum absolute atomic E-state index is 12.7. The maximum Gasteiger partial charge on any atom is 0.275 e. The molecule has 0 radical (unpaired) electrons. The van der Waals surface area contributed by atoms with Crippen LogP contribution in [0.15, 0.2) is 17.0 Å². The number of rotatable bonds is 4. The fourth-order valence-corrected chi connectivity index (χ4v) is 4.94. The average molecular weight is 398 g/mol. The molecule has 1 aromatic carbocycles. The van der Waals surface area contributed by atoms with E-state index in [0.717, 1.165) is 16.6 Å². The van der Waals surface area contributed by atoms with Crippen LogP contribution in [0.1, 0.15) is 5.56 Å². The maximum atomic E-state index is 12.7. The third kappa shape index (κ3) is 3.70.